The van der Waals surface area contributed by atoms with Crippen molar-refractivity contribution in [2.75, 3.05) is 11.9 Å². The highest BCUT2D eigenvalue weighted by molar-refractivity contribution is 7.12. The number of H-pyrrole nitrogens is 1. The summed E-state index contributed by atoms with van der Waals surface area (Å²) in [4.78, 5) is 30.1. The lowest BCUT2D eigenvalue weighted by atomic mass is 10.1. The van der Waals surface area contributed by atoms with Crippen LogP contribution in [0.1, 0.15) is 23.7 Å². The summed E-state index contributed by atoms with van der Waals surface area (Å²) in [7, 11) is 0. The topological polar surface area (TPSA) is 89.0 Å². The van der Waals surface area contributed by atoms with Gasteiger partial charge in [0.1, 0.15) is 5.75 Å². The fourth-order valence-electron chi connectivity index (χ4n) is 3.31. The van der Waals surface area contributed by atoms with Crippen LogP contribution >= 0.6 is 11.3 Å². The van der Waals surface area contributed by atoms with Crippen molar-refractivity contribution in [3.05, 3.63) is 81.1 Å². The van der Waals surface area contributed by atoms with Gasteiger partial charge in [0.2, 0.25) is 11.0 Å². The Balaban J connectivity index is 1.50. The standard InChI is InChI=1S/C24H24N4O3S/c1-4-31-19-11-9-18(10-12-19)25-22(29)13-20-16(3)27-28(23(20)30)24-26-21(14-32-24)17-7-5-15(2)6-8-17/h5-12,14,27H,4,13H2,1-3H3,(H,25,29). The number of amides is 1. The maximum atomic E-state index is 13.0. The zero-order valence-electron chi connectivity index (χ0n) is 18.1. The van der Waals surface area contributed by atoms with E-state index in [1.54, 1.807) is 31.2 Å². The third-order valence-corrected chi connectivity index (χ3v) is 5.84. The Morgan fingerprint density at radius 1 is 1.12 bits per heavy atom. The number of carbonyl (C=O) groups excluding carboxylic acids is 1. The fraction of sp³-hybridized carbons (Fsp3) is 0.208. The highest BCUT2D eigenvalue weighted by Gasteiger charge is 2.18. The quantitative estimate of drug-likeness (QED) is 0.436. The van der Waals surface area contributed by atoms with Gasteiger partial charge in [0, 0.05) is 27.9 Å². The van der Waals surface area contributed by atoms with Crippen LogP contribution in [0, 0.1) is 13.8 Å². The SMILES string of the molecule is CCOc1ccc(NC(=O)Cc2c(C)[nH]n(-c3nc(-c4ccc(C)cc4)cs3)c2=O)cc1. The van der Waals surface area contributed by atoms with Crippen LogP contribution in [0.3, 0.4) is 0 Å². The van der Waals surface area contributed by atoms with Gasteiger partial charge in [-0.1, -0.05) is 29.8 Å². The van der Waals surface area contributed by atoms with Crippen LogP contribution in [0.4, 0.5) is 5.69 Å². The fourth-order valence-corrected chi connectivity index (χ4v) is 4.11. The number of aryl methyl sites for hydroxylation is 2. The monoisotopic (exact) mass is 448 g/mol. The van der Waals surface area contributed by atoms with Crippen LogP contribution in [0.2, 0.25) is 0 Å². The van der Waals surface area contributed by atoms with E-state index in [2.05, 4.69) is 15.4 Å². The Hall–Kier alpha value is -3.65. The first kappa shape index (κ1) is 21.6. The van der Waals surface area contributed by atoms with Gasteiger partial charge in [-0.3, -0.25) is 14.7 Å². The number of aromatic nitrogens is 3. The first-order valence-electron chi connectivity index (χ1n) is 10.3. The predicted molar refractivity (Wildman–Crippen MR) is 127 cm³/mol. The van der Waals surface area contributed by atoms with Crippen LogP contribution in [0.15, 0.2) is 58.7 Å². The number of hydrogen-bond acceptors (Lipinski definition) is 5. The van der Waals surface area contributed by atoms with E-state index in [0.717, 1.165) is 17.0 Å². The number of nitrogens with zero attached hydrogens (tertiary/aromatic N) is 2. The van der Waals surface area contributed by atoms with Crippen molar-refractivity contribution >= 4 is 22.9 Å². The molecule has 0 radical (unpaired) electrons. The summed E-state index contributed by atoms with van der Waals surface area (Å²) in [6, 6.07) is 15.2. The molecule has 2 aromatic heterocycles. The molecule has 0 saturated carbocycles. The van der Waals surface area contributed by atoms with E-state index in [-0.39, 0.29) is 17.9 Å². The number of thiazole rings is 1. The minimum absolute atomic E-state index is 0.0302. The summed E-state index contributed by atoms with van der Waals surface area (Å²) in [5.74, 6) is 0.475. The van der Waals surface area contributed by atoms with Crippen molar-refractivity contribution < 1.29 is 9.53 Å². The Bertz CT molecular complexity index is 1280. The first-order valence-corrected chi connectivity index (χ1v) is 11.2. The molecule has 7 nitrogen and oxygen atoms in total. The second-order valence-corrected chi connectivity index (χ2v) is 8.26. The van der Waals surface area contributed by atoms with E-state index < -0.39 is 0 Å². The Morgan fingerprint density at radius 2 is 1.84 bits per heavy atom. The summed E-state index contributed by atoms with van der Waals surface area (Å²) >= 11 is 1.37. The van der Waals surface area contributed by atoms with E-state index in [0.29, 0.717) is 28.7 Å². The van der Waals surface area contributed by atoms with Crippen molar-refractivity contribution in [3.8, 4) is 22.1 Å². The van der Waals surface area contributed by atoms with Gasteiger partial charge in [-0.05, 0) is 45.0 Å². The molecule has 0 saturated heterocycles. The molecule has 2 heterocycles. The minimum atomic E-state index is -0.269. The molecule has 4 rings (SSSR count). The normalized spacial score (nSPS) is 10.8. The van der Waals surface area contributed by atoms with Gasteiger partial charge in [0.25, 0.3) is 5.56 Å². The Morgan fingerprint density at radius 3 is 2.53 bits per heavy atom. The average Bonchev–Trinajstić information content (AvgIpc) is 3.36. The molecule has 2 aromatic carbocycles. The molecule has 0 atom stereocenters. The molecule has 1 amide bonds. The van der Waals surface area contributed by atoms with Gasteiger partial charge in [0.15, 0.2) is 0 Å². The summed E-state index contributed by atoms with van der Waals surface area (Å²) in [5, 5.41) is 8.32. The molecule has 164 valence electrons. The van der Waals surface area contributed by atoms with Gasteiger partial charge >= 0.3 is 0 Å². The lowest BCUT2D eigenvalue weighted by Gasteiger charge is -2.06. The lowest BCUT2D eigenvalue weighted by Crippen LogP contribution is -2.22. The van der Waals surface area contributed by atoms with E-state index in [9.17, 15) is 9.59 Å². The zero-order chi connectivity index (χ0) is 22.7. The van der Waals surface area contributed by atoms with E-state index in [1.807, 2.05) is 43.5 Å². The molecule has 0 fully saturated rings. The Kier molecular flexibility index (Phi) is 6.23. The molecule has 4 aromatic rings. The molecule has 0 aliphatic carbocycles. The number of rotatable bonds is 7. The van der Waals surface area contributed by atoms with Gasteiger partial charge in [-0.2, -0.15) is 4.68 Å². The highest BCUT2D eigenvalue weighted by atomic mass is 32.1. The molecule has 32 heavy (non-hydrogen) atoms. The molecular weight excluding hydrogens is 424 g/mol. The van der Waals surface area contributed by atoms with E-state index in [4.69, 9.17) is 4.74 Å². The van der Waals surface area contributed by atoms with Crippen molar-refractivity contribution in [2.45, 2.75) is 27.2 Å². The van der Waals surface area contributed by atoms with Crippen LogP contribution in [0.25, 0.3) is 16.4 Å². The maximum Gasteiger partial charge on any atom is 0.277 e. The second-order valence-electron chi connectivity index (χ2n) is 7.42. The van der Waals surface area contributed by atoms with Crippen molar-refractivity contribution in [2.24, 2.45) is 0 Å². The summed E-state index contributed by atoms with van der Waals surface area (Å²) < 4.78 is 6.81. The summed E-state index contributed by atoms with van der Waals surface area (Å²) in [5.41, 5.74) is 4.41. The molecule has 0 bridgehead atoms. The smallest absolute Gasteiger partial charge is 0.277 e. The second kappa shape index (κ2) is 9.23. The average molecular weight is 449 g/mol. The van der Waals surface area contributed by atoms with Gasteiger partial charge in [0.05, 0.1) is 18.7 Å². The third kappa shape index (κ3) is 4.65. The molecule has 0 unspecified atom stereocenters. The van der Waals surface area contributed by atoms with Gasteiger partial charge in [-0.15, -0.1) is 11.3 Å². The summed E-state index contributed by atoms with van der Waals surface area (Å²) in [6.45, 7) is 6.31. The molecule has 8 heteroatoms. The molecule has 0 aliphatic heterocycles. The number of aromatic amines is 1. The van der Waals surface area contributed by atoms with Crippen molar-refractivity contribution in [1.82, 2.24) is 14.8 Å². The van der Waals surface area contributed by atoms with Crippen LogP contribution in [-0.2, 0) is 11.2 Å². The molecule has 2 N–H and O–H groups in total. The number of carbonyl (C=O) groups is 1. The van der Waals surface area contributed by atoms with Crippen molar-refractivity contribution in [3.63, 3.8) is 0 Å². The zero-order valence-corrected chi connectivity index (χ0v) is 19.0. The first-order chi connectivity index (χ1) is 15.4. The van der Waals surface area contributed by atoms with Gasteiger partial charge in [-0.25, -0.2) is 4.98 Å². The highest BCUT2D eigenvalue weighted by Crippen LogP contribution is 2.24. The number of ether oxygens (including phenoxy) is 1. The number of benzene rings is 2. The largest absolute Gasteiger partial charge is 0.494 e. The van der Waals surface area contributed by atoms with Crippen LogP contribution in [-0.4, -0.2) is 27.3 Å². The number of anilines is 1. The third-order valence-electron chi connectivity index (χ3n) is 5.01. The van der Waals surface area contributed by atoms with Crippen LogP contribution in [0.5, 0.6) is 5.75 Å². The van der Waals surface area contributed by atoms with Crippen molar-refractivity contribution in [1.29, 1.82) is 0 Å². The number of hydrogen-bond donors (Lipinski definition) is 2. The Labute approximate surface area is 189 Å². The maximum absolute atomic E-state index is 13.0. The summed E-state index contributed by atoms with van der Waals surface area (Å²) in [6.07, 6.45) is -0.0302. The molecule has 0 aliphatic rings. The molecular formula is C24H24N4O3S. The molecule has 0 spiro atoms. The number of nitrogens with one attached hydrogen (secondary N) is 2. The lowest BCUT2D eigenvalue weighted by molar-refractivity contribution is -0.115. The van der Waals surface area contributed by atoms with Gasteiger partial charge < -0.3 is 10.1 Å². The predicted octanol–water partition coefficient (Wildman–Crippen LogP) is 4.49. The van der Waals surface area contributed by atoms with Crippen LogP contribution < -0.4 is 15.6 Å². The minimum Gasteiger partial charge on any atom is -0.494 e. The van der Waals surface area contributed by atoms with E-state index in [1.165, 1.54) is 21.6 Å². The van der Waals surface area contributed by atoms with E-state index >= 15 is 0 Å².